The van der Waals surface area contributed by atoms with Crippen molar-refractivity contribution in [2.75, 3.05) is 13.2 Å². The highest BCUT2D eigenvalue weighted by molar-refractivity contribution is 5.82. The lowest BCUT2D eigenvalue weighted by atomic mass is 9.94. The number of aldehydes is 1. The molecular formula is C8H12O3. The fraction of sp³-hybridized carbons (Fsp3) is 0.750. The Labute approximate surface area is 65.7 Å². The lowest BCUT2D eigenvalue weighted by molar-refractivity contribution is -0.132. The lowest BCUT2D eigenvalue weighted by Gasteiger charge is -2.19. The number of ketones is 1. The quantitative estimate of drug-likeness (QED) is 0.561. The predicted octanol–water partition coefficient (Wildman–Crippen LogP) is 0.571. The van der Waals surface area contributed by atoms with Crippen molar-refractivity contribution in [3.05, 3.63) is 0 Å². The molecule has 0 saturated carbocycles. The van der Waals surface area contributed by atoms with Crippen molar-refractivity contribution in [2.24, 2.45) is 5.92 Å². The molecule has 3 heteroatoms. The first-order valence-corrected chi connectivity index (χ1v) is 3.88. The molecule has 0 aliphatic carbocycles. The second-order valence-electron chi connectivity index (χ2n) is 2.75. The average Bonchev–Trinajstić information content (AvgIpc) is 2.03. The van der Waals surface area contributed by atoms with E-state index in [1.54, 1.807) is 0 Å². The second-order valence-corrected chi connectivity index (χ2v) is 2.75. The van der Waals surface area contributed by atoms with Gasteiger partial charge in [0.05, 0.1) is 0 Å². The number of rotatable bonds is 3. The summed E-state index contributed by atoms with van der Waals surface area (Å²) in [5.74, 6) is 0.229. The first-order chi connectivity index (χ1) is 5.34. The lowest BCUT2D eigenvalue weighted by Crippen LogP contribution is -2.27. The summed E-state index contributed by atoms with van der Waals surface area (Å²) in [4.78, 5) is 21.1. The van der Waals surface area contributed by atoms with Gasteiger partial charge in [0.25, 0.3) is 0 Å². The van der Waals surface area contributed by atoms with E-state index in [0.29, 0.717) is 19.4 Å². The molecule has 1 atom stereocenters. The van der Waals surface area contributed by atoms with Crippen LogP contribution in [0.1, 0.15) is 19.3 Å². The van der Waals surface area contributed by atoms with Crippen LogP contribution in [0.5, 0.6) is 0 Å². The van der Waals surface area contributed by atoms with E-state index in [4.69, 9.17) is 4.74 Å². The van der Waals surface area contributed by atoms with Gasteiger partial charge < -0.3 is 9.53 Å². The molecule has 1 fully saturated rings. The second kappa shape index (κ2) is 4.23. The molecule has 1 saturated heterocycles. The largest absolute Gasteiger partial charge is 0.374 e. The molecule has 0 N–H and O–H groups in total. The number of hydrogen-bond donors (Lipinski definition) is 0. The van der Waals surface area contributed by atoms with Crippen LogP contribution in [0.15, 0.2) is 0 Å². The minimum absolute atomic E-state index is 0.0777. The van der Waals surface area contributed by atoms with Gasteiger partial charge in [-0.05, 0) is 12.8 Å². The summed E-state index contributed by atoms with van der Waals surface area (Å²) in [6.07, 6.45) is 2.84. The molecule has 0 aromatic carbocycles. The Morgan fingerprint density at radius 1 is 1.64 bits per heavy atom. The SMILES string of the molecule is O=CCCC1CCOCC1=O. The van der Waals surface area contributed by atoms with Crippen LogP contribution in [0.2, 0.25) is 0 Å². The Bertz CT molecular complexity index is 153. The van der Waals surface area contributed by atoms with Gasteiger partial charge in [-0.2, -0.15) is 0 Å². The van der Waals surface area contributed by atoms with Crippen molar-refractivity contribution >= 4 is 12.1 Å². The molecule has 0 amide bonds. The molecule has 1 unspecified atom stereocenters. The Kier molecular flexibility index (Phi) is 3.23. The van der Waals surface area contributed by atoms with Crippen LogP contribution >= 0.6 is 0 Å². The molecule has 0 aromatic rings. The Morgan fingerprint density at radius 2 is 2.45 bits per heavy atom. The fourth-order valence-corrected chi connectivity index (χ4v) is 1.25. The maximum absolute atomic E-state index is 11.1. The van der Waals surface area contributed by atoms with Crippen LogP contribution in [0.25, 0.3) is 0 Å². The summed E-state index contributed by atoms with van der Waals surface area (Å²) in [7, 11) is 0. The van der Waals surface area contributed by atoms with E-state index in [2.05, 4.69) is 0 Å². The zero-order chi connectivity index (χ0) is 8.10. The Balaban J connectivity index is 2.29. The minimum Gasteiger partial charge on any atom is -0.374 e. The summed E-state index contributed by atoms with van der Waals surface area (Å²) in [5, 5.41) is 0. The highest BCUT2D eigenvalue weighted by Gasteiger charge is 2.21. The van der Waals surface area contributed by atoms with Crippen LogP contribution < -0.4 is 0 Å². The predicted molar refractivity (Wildman–Crippen MR) is 39.2 cm³/mol. The van der Waals surface area contributed by atoms with Gasteiger partial charge in [-0.15, -0.1) is 0 Å². The van der Waals surface area contributed by atoms with E-state index in [1.807, 2.05) is 0 Å². The van der Waals surface area contributed by atoms with E-state index >= 15 is 0 Å². The van der Waals surface area contributed by atoms with E-state index in [0.717, 1.165) is 12.7 Å². The van der Waals surface area contributed by atoms with Gasteiger partial charge in [0.2, 0.25) is 0 Å². The normalized spacial score (nSPS) is 25.1. The Hall–Kier alpha value is -0.700. The number of ether oxygens (including phenoxy) is 1. The van der Waals surface area contributed by atoms with E-state index in [1.165, 1.54) is 0 Å². The highest BCUT2D eigenvalue weighted by atomic mass is 16.5. The van der Waals surface area contributed by atoms with Gasteiger partial charge in [-0.3, -0.25) is 4.79 Å². The van der Waals surface area contributed by atoms with Gasteiger partial charge in [0.15, 0.2) is 5.78 Å². The van der Waals surface area contributed by atoms with Crippen LogP contribution in [0.4, 0.5) is 0 Å². The molecule has 11 heavy (non-hydrogen) atoms. The van der Waals surface area contributed by atoms with Crippen molar-refractivity contribution < 1.29 is 14.3 Å². The van der Waals surface area contributed by atoms with Gasteiger partial charge in [-0.1, -0.05) is 0 Å². The molecule has 1 aliphatic heterocycles. The minimum atomic E-state index is 0.0777. The molecule has 0 bridgehead atoms. The van der Waals surface area contributed by atoms with E-state index in [-0.39, 0.29) is 18.3 Å². The molecule has 0 radical (unpaired) electrons. The first-order valence-electron chi connectivity index (χ1n) is 3.88. The van der Waals surface area contributed by atoms with Gasteiger partial charge >= 0.3 is 0 Å². The molecule has 1 rings (SSSR count). The zero-order valence-corrected chi connectivity index (χ0v) is 6.41. The van der Waals surface area contributed by atoms with Crippen molar-refractivity contribution in [3.63, 3.8) is 0 Å². The Morgan fingerprint density at radius 3 is 3.09 bits per heavy atom. The highest BCUT2D eigenvalue weighted by Crippen LogP contribution is 2.16. The molecule has 1 heterocycles. The average molecular weight is 156 g/mol. The van der Waals surface area contributed by atoms with Crippen molar-refractivity contribution in [2.45, 2.75) is 19.3 Å². The van der Waals surface area contributed by atoms with Gasteiger partial charge in [0, 0.05) is 18.9 Å². The third kappa shape index (κ3) is 2.42. The van der Waals surface area contributed by atoms with Crippen molar-refractivity contribution in [3.8, 4) is 0 Å². The molecule has 62 valence electrons. The topological polar surface area (TPSA) is 43.4 Å². The first kappa shape index (κ1) is 8.40. The number of carbonyl (C=O) groups is 2. The van der Waals surface area contributed by atoms with Crippen molar-refractivity contribution in [1.29, 1.82) is 0 Å². The van der Waals surface area contributed by atoms with E-state index in [9.17, 15) is 9.59 Å². The van der Waals surface area contributed by atoms with Crippen LogP contribution in [-0.2, 0) is 14.3 Å². The van der Waals surface area contributed by atoms with Crippen LogP contribution in [0.3, 0.4) is 0 Å². The molecule has 1 aliphatic rings. The summed E-state index contributed by atoms with van der Waals surface area (Å²) >= 11 is 0. The summed E-state index contributed by atoms with van der Waals surface area (Å²) in [5.41, 5.74) is 0. The number of hydrogen-bond acceptors (Lipinski definition) is 3. The summed E-state index contributed by atoms with van der Waals surface area (Å²) < 4.78 is 4.95. The van der Waals surface area contributed by atoms with E-state index < -0.39 is 0 Å². The van der Waals surface area contributed by atoms with Crippen molar-refractivity contribution in [1.82, 2.24) is 0 Å². The summed E-state index contributed by atoms with van der Waals surface area (Å²) in [6.45, 7) is 0.902. The van der Waals surface area contributed by atoms with Gasteiger partial charge in [-0.25, -0.2) is 0 Å². The van der Waals surface area contributed by atoms with Crippen LogP contribution in [-0.4, -0.2) is 25.3 Å². The molecule has 0 aromatic heterocycles. The molecular weight excluding hydrogens is 144 g/mol. The van der Waals surface area contributed by atoms with Gasteiger partial charge in [0.1, 0.15) is 12.9 Å². The maximum atomic E-state index is 11.1. The standard InChI is InChI=1S/C8H12O3/c9-4-1-2-7-3-5-11-6-8(7)10/h4,7H,1-3,5-6H2. The molecule has 3 nitrogen and oxygen atoms in total. The third-order valence-corrected chi connectivity index (χ3v) is 1.94. The number of Topliss-reactive ketones (excluding diaryl/α,β-unsaturated/α-hetero) is 1. The molecule has 0 spiro atoms. The third-order valence-electron chi connectivity index (χ3n) is 1.94. The zero-order valence-electron chi connectivity index (χ0n) is 6.41. The maximum Gasteiger partial charge on any atom is 0.161 e. The smallest absolute Gasteiger partial charge is 0.161 e. The van der Waals surface area contributed by atoms with Crippen LogP contribution in [0, 0.1) is 5.92 Å². The fourth-order valence-electron chi connectivity index (χ4n) is 1.25. The number of carbonyl (C=O) groups excluding carboxylic acids is 2. The monoisotopic (exact) mass is 156 g/mol. The summed E-state index contributed by atoms with van der Waals surface area (Å²) in [6, 6.07) is 0.